The van der Waals surface area contributed by atoms with E-state index in [1.807, 2.05) is 6.92 Å². The van der Waals surface area contributed by atoms with E-state index in [1.165, 1.54) is 19.5 Å². The van der Waals surface area contributed by atoms with Gasteiger partial charge in [0.05, 0.1) is 11.6 Å². The van der Waals surface area contributed by atoms with Crippen LogP contribution in [-0.4, -0.2) is 47.8 Å². The van der Waals surface area contributed by atoms with Gasteiger partial charge in [-0.25, -0.2) is 0 Å². The molecular formula is C11H22N2O. The van der Waals surface area contributed by atoms with Crippen molar-refractivity contribution in [2.45, 2.75) is 38.3 Å². The average molecular weight is 198 g/mol. The molecule has 3 heteroatoms. The minimum absolute atomic E-state index is 0.332. The summed E-state index contributed by atoms with van der Waals surface area (Å²) < 4.78 is 0. The van der Waals surface area contributed by atoms with E-state index >= 15 is 0 Å². The molecule has 0 aromatic heterocycles. The number of hydrogen-bond donors (Lipinski definition) is 2. The largest absolute Gasteiger partial charge is 0.388 e. The molecular weight excluding hydrogens is 176 g/mol. The summed E-state index contributed by atoms with van der Waals surface area (Å²) in [5.41, 5.74) is -0.482. The van der Waals surface area contributed by atoms with E-state index in [0.717, 1.165) is 25.4 Å². The summed E-state index contributed by atoms with van der Waals surface area (Å²) in [7, 11) is 0. The van der Waals surface area contributed by atoms with Gasteiger partial charge in [0.15, 0.2) is 0 Å². The molecule has 2 aliphatic rings. The topological polar surface area (TPSA) is 35.5 Å². The molecule has 0 bridgehead atoms. The van der Waals surface area contributed by atoms with Crippen LogP contribution >= 0.6 is 0 Å². The molecule has 82 valence electrons. The van der Waals surface area contributed by atoms with Crippen molar-refractivity contribution in [1.29, 1.82) is 0 Å². The summed E-state index contributed by atoms with van der Waals surface area (Å²) in [5, 5.41) is 13.6. The zero-order valence-electron chi connectivity index (χ0n) is 9.29. The molecule has 0 saturated carbocycles. The van der Waals surface area contributed by atoms with Crippen molar-refractivity contribution in [2.75, 3.05) is 26.2 Å². The van der Waals surface area contributed by atoms with Gasteiger partial charge in [-0.1, -0.05) is 13.3 Å². The van der Waals surface area contributed by atoms with E-state index in [9.17, 15) is 5.11 Å². The molecule has 2 saturated heterocycles. The molecule has 0 aliphatic carbocycles. The molecule has 2 atom stereocenters. The number of rotatable bonds is 2. The first-order chi connectivity index (χ1) is 6.63. The molecule has 2 N–H and O–H groups in total. The van der Waals surface area contributed by atoms with E-state index < -0.39 is 5.60 Å². The lowest BCUT2D eigenvalue weighted by Gasteiger charge is -2.51. The maximum atomic E-state index is 10.2. The first-order valence-corrected chi connectivity index (χ1v) is 5.80. The van der Waals surface area contributed by atoms with Crippen molar-refractivity contribution in [1.82, 2.24) is 10.2 Å². The van der Waals surface area contributed by atoms with Crippen LogP contribution in [0.1, 0.15) is 26.7 Å². The van der Waals surface area contributed by atoms with E-state index in [2.05, 4.69) is 17.1 Å². The molecule has 14 heavy (non-hydrogen) atoms. The monoisotopic (exact) mass is 198 g/mol. The van der Waals surface area contributed by atoms with Gasteiger partial charge in [0.25, 0.3) is 0 Å². The first-order valence-electron chi connectivity index (χ1n) is 5.80. The third-order valence-electron chi connectivity index (χ3n) is 3.87. The van der Waals surface area contributed by atoms with Crippen LogP contribution in [0.5, 0.6) is 0 Å². The molecule has 2 rings (SSSR count). The van der Waals surface area contributed by atoms with Crippen LogP contribution in [0.4, 0.5) is 0 Å². The fourth-order valence-electron chi connectivity index (χ4n) is 2.61. The second-order valence-electron chi connectivity index (χ2n) is 5.06. The van der Waals surface area contributed by atoms with E-state index in [0.29, 0.717) is 6.04 Å². The van der Waals surface area contributed by atoms with Gasteiger partial charge >= 0.3 is 0 Å². The lowest BCUT2D eigenvalue weighted by molar-refractivity contribution is -0.0879. The maximum Gasteiger partial charge on any atom is 0.0798 e. The van der Waals surface area contributed by atoms with Gasteiger partial charge in [-0.3, -0.25) is 4.90 Å². The zero-order valence-corrected chi connectivity index (χ0v) is 9.29. The van der Waals surface area contributed by atoms with Gasteiger partial charge in [0.1, 0.15) is 0 Å². The lowest BCUT2D eigenvalue weighted by atomic mass is 9.84. The van der Waals surface area contributed by atoms with Crippen LogP contribution in [0.25, 0.3) is 0 Å². The second kappa shape index (κ2) is 3.80. The Bertz CT molecular complexity index is 199. The third-order valence-corrected chi connectivity index (χ3v) is 3.87. The molecule has 2 fully saturated rings. The van der Waals surface area contributed by atoms with Gasteiger partial charge in [-0.05, 0) is 25.8 Å². The first kappa shape index (κ1) is 10.4. The normalized spacial score (nSPS) is 40.9. The molecule has 3 nitrogen and oxygen atoms in total. The number of piperidine rings is 1. The van der Waals surface area contributed by atoms with Gasteiger partial charge in [0, 0.05) is 19.6 Å². The standard InChI is InChI=1S/C11H22N2O/c1-3-9-7-13(8-9)10-6-12-5-4-11(10,2)14/h9-10,12,14H,3-8H2,1-2H3. The van der Waals surface area contributed by atoms with Gasteiger partial charge in [0.2, 0.25) is 0 Å². The number of aliphatic hydroxyl groups is 1. The Kier molecular flexibility index (Phi) is 2.82. The highest BCUT2D eigenvalue weighted by Crippen LogP contribution is 2.29. The summed E-state index contributed by atoms with van der Waals surface area (Å²) in [5.74, 6) is 0.868. The van der Waals surface area contributed by atoms with Crippen molar-refractivity contribution >= 4 is 0 Å². The molecule has 0 aromatic carbocycles. The van der Waals surface area contributed by atoms with Crippen LogP contribution in [0.15, 0.2) is 0 Å². The fourth-order valence-corrected chi connectivity index (χ4v) is 2.61. The molecule has 0 spiro atoms. The zero-order chi connectivity index (χ0) is 10.2. The quantitative estimate of drug-likeness (QED) is 0.676. The van der Waals surface area contributed by atoms with Gasteiger partial charge < -0.3 is 10.4 Å². The summed E-state index contributed by atoms with van der Waals surface area (Å²) >= 11 is 0. The summed E-state index contributed by atoms with van der Waals surface area (Å²) in [6.07, 6.45) is 2.16. The number of likely N-dealkylation sites (tertiary alicyclic amines) is 1. The van der Waals surface area contributed by atoms with Crippen molar-refractivity contribution in [3.63, 3.8) is 0 Å². The van der Waals surface area contributed by atoms with E-state index in [4.69, 9.17) is 0 Å². The second-order valence-corrected chi connectivity index (χ2v) is 5.06. The lowest BCUT2D eigenvalue weighted by Crippen LogP contribution is -2.65. The number of hydrogen-bond acceptors (Lipinski definition) is 3. The Morgan fingerprint density at radius 3 is 2.79 bits per heavy atom. The Hall–Kier alpha value is -0.120. The fraction of sp³-hybridized carbons (Fsp3) is 1.00. The minimum Gasteiger partial charge on any atom is -0.388 e. The SMILES string of the molecule is CCC1CN(C2CNCCC2(C)O)C1. The Morgan fingerprint density at radius 1 is 1.50 bits per heavy atom. The molecule has 0 aromatic rings. The van der Waals surface area contributed by atoms with Crippen LogP contribution < -0.4 is 5.32 Å². The molecule has 2 aliphatic heterocycles. The molecule has 0 radical (unpaired) electrons. The predicted octanol–water partition coefficient (Wildman–Crippen LogP) is 0.441. The Labute approximate surface area is 86.5 Å². The average Bonchev–Trinajstić information content (AvgIpc) is 2.05. The molecule has 2 heterocycles. The van der Waals surface area contributed by atoms with Crippen molar-refractivity contribution < 1.29 is 5.11 Å². The maximum absolute atomic E-state index is 10.2. The van der Waals surface area contributed by atoms with Gasteiger partial charge in [-0.15, -0.1) is 0 Å². The minimum atomic E-state index is -0.482. The highest BCUT2D eigenvalue weighted by atomic mass is 16.3. The molecule has 0 amide bonds. The highest BCUT2D eigenvalue weighted by Gasteiger charge is 2.42. The Balaban J connectivity index is 1.90. The van der Waals surface area contributed by atoms with Crippen molar-refractivity contribution in [2.24, 2.45) is 5.92 Å². The van der Waals surface area contributed by atoms with Crippen molar-refractivity contribution in [3.8, 4) is 0 Å². The smallest absolute Gasteiger partial charge is 0.0798 e. The summed E-state index contributed by atoms with van der Waals surface area (Å²) in [6, 6.07) is 0.332. The van der Waals surface area contributed by atoms with E-state index in [-0.39, 0.29) is 0 Å². The van der Waals surface area contributed by atoms with Crippen LogP contribution in [-0.2, 0) is 0 Å². The highest BCUT2D eigenvalue weighted by molar-refractivity contribution is 4.98. The number of nitrogens with zero attached hydrogens (tertiary/aromatic N) is 1. The van der Waals surface area contributed by atoms with Crippen molar-refractivity contribution in [3.05, 3.63) is 0 Å². The van der Waals surface area contributed by atoms with Crippen LogP contribution in [0.3, 0.4) is 0 Å². The summed E-state index contributed by atoms with van der Waals surface area (Å²) in [4.78, 5) is 2.43. The number of nitrogens with one attached hydrogen (secondary N) is 1. The Morgan fingerprint density at radius 2 is 2.21 bits per heavy atom. The van der Waals surface area contributed by atoms with E-state index in [1.54, 1.807) is 0 Å². The summed E-state index contributed by atoms with van der Waals surface area (Å²) in [6.45, 7) is 8.49. The van der Waals surface area contributed by atoms with Gasteiger partial charge in [-0.2, -0.15) is 0 Å². The third kappa shape index (κ3) is 1.81. The van der Waals surface area contributed by atoms with Crippen LogP contribution in [0, 0.1) is 5.92 Å². The predicted molar refractivity (Wildman–Crippen MR) is 57.3 cm³/mol. The van der Waals surface area contributed by atoms with Crippen LogP contribution in [0.2, 0.25) is 0 Å². The molecule has 2 unspecified atom stereocenters.